The van der Waals surface area contributed by atoms with Gasteiger partial charge in [0.1, 0.15) is 5.82 Å². The van der Waals surface area contributed by atoms with Gasteiger partial charge in [-0.2, -0.15) is 0 Å². The zero-order valence-corrected chi connectivity index (χ0v) is 10.3. The molecular formula is C13H18N2O2. The molecule has 2 heterocycles. The molecule has 0 bridgehead atoms. The summed E-state index contributed by atoms with van der Waals surface area (Å²) in [6.07, 6.45) is 3.14. The van der Waals surface area contributed by atoms with Crippen molar-refractivity contribution in [2.45, 2.75) is 26.4 Å². The van der Waals surface area contributed by atoms with E-state index in [1.165, 1.54) is 0 Å². The van der Waals surface area contributed by atoms with Crippen LogP contribution < -0.4 is 4.90 Å². The van der Waals surface area contributed by atoms with E-state index in [0.717, 1.165) is 37.2 Å². The van der Waals surface area contributed by atoms with Crippen LogP contribution in [0.25, 0.3) is 0 Å². The molecule has 0 aromatic carbocycles. The monoisotopic (exact) mass is 234 g/mol. The van der Waals surface area contributed by atoms with Crippen molar-refractivity contribution < 1.29 is 9.90 Å². The molecule has 1 saturated heterocycles. The molecule has 0 saturated carbocycles. The molecule has 2 atom stereocenters. The molecule has 2 rings (SSSR count). The number of pyridine rings is 1. The van der Waals surface area contributed by atoms with Gasteiger partial charge in [-0.1, -0.05) is 0 Å². The summed E-state index contributed by atoms with van der Waals surface area (Å²) >= 11 is 0. The van der Waals surface area contributed by atoms with Crippen LogP contribution in [0.15, 0.2) is 12.3 Å². The number of rotatable bonds is 3. The zero-order valence-electron chi connectivity index (χ0n) is 10.3. The van der Waals surface area contributed by atoms with Crippen LogP contribution in [0.5, 0.6) is 0 Å². The lowest BCUT2D eigenvalue weighted by Gasteiger charge is -2.20. The summed E-state index contributed by atoms with van der Waals surface area (Å²) in [5, 5.41) is 9.57. The second-order valence-electron chi connectivity index (χ2n) is 4.76. The number of aryl methyl sites for hydroxylation is 1. The Balaban J connectivity index is 2.16. The normalized spacial score (nSPS) is 21.6. The standard InChI is InChI=1S/C13H18N2O2/c1-9-5-11(8-16)6-14-13(9)15-4-3-12(7-15)10(2)17/h5-6,8,10,12,17H,3-4,7H2,1-2H3. The summed E-state index contributed by atoms with van der Waals surface area (Å²) in [5.74, 6) is 1.25. The van der Waals surface area contributed by atoms with Crippen LogP contribution in [-0.2, 0) is 0 Å². The zero-order chi connectivity index (χ0) is 12.4. The summed E-state index contributed by atoms with van der Waals surface area (Å²) in [6, 6.07) is 1.85. The summed E-state index contributed by atoms with van der Waals surface area (Å²) in [4.78, 5) is 17.2. The van der Waals surface area contributed by atoms with E-state index in [9.17, 15) is 9.90 Å². The topological polar surface area (TPSA) is 53.4 Å². The third kappa shape index (κ3) is 2.47. The van der Waals surface area contributed by atoms with Crippen molar-refractivity contribution in [1.29, 1.82) is 0 Å². The van der Waals surface area contributed by atoms with E-state index >= 15 is 0 Å². The number of nitrogens with zero attached hydrogens (tertiary/aromatic N) is 2. The van der Waals surface area contributed by atoms with Gasteiger partial charge in [0.05, 0.1) is 6.10 Å². The lowest BCUT2D eigenvalue weighted by molar-refractivity contribution is 0.112. The fourth-order valence-corrected chi connectivity index (χ4v) is 2.36. The second kappa shape index (κ2) is 4.84. The Morgan fingerprint density at radius 1 is 1.65 bits per heavy atom. The third-order valence-corrected chi connectivity index (χ3v) is 3.41. The molecule has 1 N–H and O–H groups in total. The Morgan fingerprint density at radius 3 is 2.94 bits per heavy atom. The summed E-state index contributed by atoms with van der Waals surface area (Å²) in [7, 11) is 0. The van der Waals surface area contributed by atoms with Crippen LogP contribution in [0, 0.1) is 12.8 Å². The molecule has 2 unspecified atom stereocenters. The number of aliphatic hydroxyl groups is 1. The SMILES string of the molecule is Cc1cc(C=O)cnc1N1CCC(C(C)O)C1. The molecule has 1 aliphatic rings. The highest BCUT2D eigenvalue weighted by atomic mass is 16.3. The van der Waals surface area contributed by atoms with Crippen molar-refractivity contribution in [3.8, 4) is 0 Å². The Kier molecular flexibility index (Phi) is 3.43. The van der Waals surface area contributed by atoms with E-state index in [1.807, 2.05) is 19.9 Å². The number of hydrogen-bond acceptors (Lipinski definition) is 4. The van der Waals surface area contributed by atoms with Gasteiger partial charge in [-0.15, -0.1) is 0 Å². The van der Waals surface area contributed by atoms with Crippen molar-refractivity contribution in [2.24, 2.45) is 5.92 Å². The number of carbonyl (C=O) groups excluding carboxylic acids is 1. The summed E-state index contributed by atoms with van der Waals surface area (Å²) in [5.41, 5.74) is 1.62. The number of anilines is 1. The van der Waals surface area contributed by atoms with Crippen LogP contribution in [0.1, 0.15) is 29.3 Å². The van der Waals surface area contributed by atoms with Crippen LogP contribution >= 0.6 is 0 Å². The number of carbonyl (C=O) groups is 1. The van der Waals surface area contributed by atoms with E-state index in [-0.39, 0.29) is 6.10 Å². The number of aldehydes is 1. The third-order valence-electron chi connectivity index (χ3n) is 3.41. The molecule has 0 amide bonds. The molecular weight excluding hydrogens is 216 g/mol. The largest absolute Gasteiger partial charge is 0.393 e. The first kappa shape index (κ1) is 12.0. The smallest absolute Gasteiger partial charge is 0.151 e. The van der Waals surface area contributed by atoms with Crippen molar-refractivity contribution in [2.75, 3.05) is 18.0 Å². The summed E-state index contributed by atoms with van der Waals surface area (Å²) < 4.78 is 0. The number of hydrogen-bond donors (Lipinski definition) is 1. The van der Waals surface area contributed by atoms with Crippen molar-refractivity contribution in [3.05, 3.63) is 23.4 Å². The first-order chi connectivity index (χ1) is 8.11. The molecule has 1 fully saturated rings. The minimum atomic E-state index is -0.269. The molecule has 4 heteroatoms. The highest BCUT2D eigenvalue weighted by Gasteiger charge is 2.27. The van der Waals surface area contributed by atoms with Gasteiger partial charge in [-0.3, -0.25) is 4.79 Å². The van der Waals surface area contributed by atoms with Gasteiger partial charge in [0.2, 0.25) is 0 Å². The van der Waals surface area contributed by atoms with E-state index in [0.29, 0.717) is 11.5 Å². The van der Waals surface area contributed by atoms with E-state index in [1.54, 1.807) is 6.20 Å². The fraction of sp³-hybridized carbons (Fsp3) is 0.538. The molecule has 1 aromatic heterocycles. The maximum absolute atomic E-state index is 10.6. The van der Waals surface area contributed by atoms with Gasteiger partial charge in [0.15, 0.2) is 6.29 Å². The highest BCUT2D eigenvalue weighted by molar-refractivity contribution is 5.75. The maximum atomic E-state index is 10.6. The van der Waals surface area contributed by atoms with Gasteiger partial charge in [-0.05, 0) is 31.9 Å². The quantitative estimate of drug-likeness (QED) is 0.803. The molecule has 0 aliphatic carbocycles. The molecule has 0 spiro atoms. The first-order valence-electron chi connectivity index (χ1n) is 5.96. The average Bonchev–Trinajstić information content (AvgIpc) is 2.78. The van der Waals surface area contributed by atoms with Gasteiger partial charge in [-0.25, -0.2) is 4.98 Å². The Hall–Kier alpha value is -1.42. The first-order valence-corrected chi connectivity index (χ1v) is 5.96. The Labute approximate surface area is 101 Å². The Morgan fingerprint density at radius 2 is 2.41 bits per heavy atom. The van der Waals surface area contributed by atoms with Gasteiger partial charge in [0.25, 0.3) is 0 Å². The van der Waals surface area contributed by atoms with E-state index in [2.05, 4.69) is 9.88 Å². The second-order valence-corrected chi connectivity index (χ2v) is 4.76. The maximum Gasteiger partial charge on any atom is 0.151 e. The van der Waals surface area contributed by atoms with Crippen molar-refractivity contribution in [1.82, 2.24) is 4.98 Å². The van der Waals surface area contributed by atoms with Crippen molar-refractivity contribution >= 4 is 12.1 Å². The fourth-order valence-electron chi connectivity index (χ4n) is 2.36. The molecule has 1 aliphatic heterocycles. The lowest BCUT2D eigenvalue weighted by Crippen LogP contribution is -2.25. The molecule has 92 valence electrons. The van der Waals surface area contributed by atoms with E-state index in [4.69, 9.17) is 0 Å². The van der Waals surface area contributed by atoms with Gasteiger partial charge in [0, 0.05) is 30.8 Å². The van der Waals surface area contributed by atoms with Crippen LogP contribution in [0.4, 0.5) is 5.82 Å². The highest BCUT2D eigenvalue weighted by Crippen LogP contribution is 2.26. The van der Waals surface area contributed by atoms with Gasteiger partial charge < -0.3 is 10.0 Å². The molecule has 0 radical (unpaired) electrons. The van der Waals surface area contributed by atoms with Crippen LogP contribution in [0.3, 0.4) is 0 Å². The van der Waals surface area contributed by atoms with Crippen molar-refractivity contribution in [3.63, 3.8) is 0 Å². The predicted octanol–water partition coefficient (Wildman–Crippen LogP) is 1.41. The van der Waals surface area contributed by atoms with Crippen LogP contribution in [0.2, 0.25) is 0 Å². The molecule has 17 heavy (non-hydrogen) atoms. The number of aromatic nitrogens is 1. The number of aliphatic hydroxyl groups excluding tert-OH is 1. The summed E-state index contributed by atoms with van der Waals surface area (Å²) in [6.45, 7) is 5.56. The molecule has 4 nitrogen and oxygen atoms in total. The minimum absolute atomic E-state index is 0.269. The van der Waals surface area contributed by atoms with Crippen LogP contribution in [-0.4, -0.2) is 35.6 Å². The lowest BCUT2D eigenvalue weighted by atomic mass is 10.0. The Bertz CT molecular complexity index is 418. The predicted molar refractivity (Wildman–Crippen MR) is 66.4 cm³/mol. The average molecular weight is 234 g/mol. The van der Waals surface area contributed by atoms with E-state index < -0.39 is 0 Å². The molecule has 1 aromatic rings. The van der Waals surface area contributed by atoms with Gasteiger partial charge >= 0.3 is 0 Å². The minimum Gasteiger partial charge on any atom is -0.393 e.